The van der Waals surface area contributed by atoms with E-state index in [4.69, 9.17) is 9.47 Å². The van der Waals surface area contributed by atoms with Gasteiger partial charge in [0.1, 0.15) is 17.4 Å². The highest BCUT2D eigenvalue weighted by molar-refractivity contribution is 5.92. The summed E-state index contributed by atoms with van der Waals surface area (Å²) in [5.41, 5.74) is 0.713. The second kappa shape index (κ2) is 8.77. The molecule has 0 aliphatic heterocycles. The zero-order chi connectivity index (χ0) is 18.2. The number of rotatable bonds is 7. The molecular formula is C18H17F2NO4. The Morgan fingerprint density at radius 2 is 1.92 bits per heavy atom. The number of esters is 1. The number of hydrogen-bond acceptors (Lipinski definition) is 4. The van der Waals surface area contributed by atoms with Gasteiger partial charge in [-0.25, -0.2) is 8.78 Å². The van der Waals surface area contributed by atoms with Gasteiger partial charge in [-0.15, -0.1) is 0 Å². The fourth-order valence-electron chi connectivity index (χ4n) is 1.96. The van der Waals surface area contributed by atoms with E-state index in [0.717, 1.165) is 23.8 Å². The molecule has 0 saturated heterocycles. The molecule has 0 fully saturated rings. The molecule has 0 spiro atoms. The van der Waals surface area contributed by atoms with Crippen LogP contribution in [0.4, 0.5) is 14.5 Å². The van der Waals surface area contributed by atoms with Gasteiger partial charge in [-0.1, -0.05) is 12.1 Å². The number of benzene rings is 2. The van der Waals surface area contributed by atoms with E-state index in [0.29, 0.717) is 5.75 Å². The molecule has 0 aromatic heterocycles. The summed E-state index contributed by atoms with van der Waals surface area (Å²) < 4.78 is 36.5. The largest absolute Gasteiger partial charge is 0.493 e. The van der Waals surface area contributed by atoms with E-state index in [2.05, 4.69) is 5.32 Å². The van der Waals surface area contributed by atoms with E-state index < -0.39 is 30.1 Å². The first kappa shape index (κ1) is 18.4. The van der Waals surface area contributed by atoms with Crippen LogP contribution in [0.25, 0.3) is 0 Å². The van der Waals surface area contributed by atoms with Crippen LogP contribution in [0.5, 0.6) is 5.75 Å². The van der Waals surface area contributed by atoms with Crippen LogP contribution in [0.1, 0.15) is 12.0 Å². The van der Waals surface area contributed by atoms with Gasteiger partial charge in [0, 0.05) is 6.07 Å². The van der Waals surface area contributed by atoms with Crippen molar-refractivity contribution in [1.82, 2.24) is 0 Å². The summed E-state index contributed by atoms with van der Waals surface area (Å²) >= 11 is 0. The Bertz CT molecular complexity index is 764. The topological polar surface area (TPSA) is 64.6 Å². The second-order valence-corrected chi connectivity index (χ2v) is 5.25. The lowest BCUT2D eigenvalue weighted by atomic mass is 10.2. The molecule has 2 aromatic rings. The Hall–Kier alpha value is -2.96. The summed E-state index contributed by atoms with van der Waals surface area (Å²) in [7, 11) is 0. The Kier molecular flexibility index (Phi) is 6.45. The third-order valence-corrected chi connectivity index (χ3v) is 3.13. The third kappa shape index (κ3) is 6.21. The van der Waals surface area contributed by atoms with E-state index in [-0.39, 0.29) is 18.7 Å². The van der Waals surface area contributed by atoms with Gasteiger partial charge in [0.05, 0.1) is 18.7 Å². The van der Waals surface area contributed by atoms with Crippen LogP contribution < -0.4 is 10.1 Å². The molecule has 0 unspecified atom stereocenters. The summed E-state index contributed by atoms with van der Waals surface area (Å²) in [6.07, 6.45) is -0.0461. The molecule has 132 valence electrons. The number of aryl methyl sites for hydroxylation is 1. The van der Waals surface area contributed by atoms with Gasteiger partial charge >= 0.3 is 5.97 Å². The standard InChI is InChI=1S/C18H17F2NO4/c1-12-3-2-4-14(9-12)24-8-7-18(23)25-11-17(22)21-16-10-13(19)5-6-15(16)20/h2-6,9-10H,7-8,11H2,1H3,(H,21,22). The van der Waals surface area contributed by atoms with Crippen LogP contribution >= 0.6 is 0 Å². The molecule has 0 aliphatic carbocycles. The predicted molar refractivity (Wildman–Crippen MR) is 87.2 cm³/mol. The van der Waals surface area contributed by atoms with Gasteiger partial charge in [-0.2, -0.15) is 0 Å². The van der Waals surface area contributed by atoms with E-state index in [9.17, 15) is 18.4 Å². The van der Waals surface area contributed by atoms with Gasteiger partial charge in [0.25, 0.3) is 5.91 Å². The number of halogens is 2. The quantitative estimate of drug-likeness (QED) is 0.780. The van der Waals surface area contributed by atoms with Crippen molar-refractivity contribution in [3.63, 3.8) is 0 Å². The molecule has 0 saturated carbocycles. The van der Waals surface area contributed by atoms with Crippen LogP contribution in [0.3, 0.4) is 0 Å². The molecule has 1 N–H and O–H groups in total. The molecule has 0 radical (unpaired) electrons. The number of amides is 1. The number of ether oxygens (including phenoxy) is 2. The van der Waals surface area contributed by atoms with Crippen molar-refractivity contribution in [3.8, 4) is 5.75 Å². The van der Waals surface area contributed by atoms with Crippen molar-refractivity contribution < 1.29 is 27.8 Å². The van der Waals surface area contributed by atoms with E-state index in [1.807, 2.05) is 25.1 Å². The lowest BCUT2D eigenvalue weighted by Crippen LogP contribution is -2.22. The van der Waals surface area contributed by atoms with Crippen molar-refractivity contribution in [2.75, 3.05) is 18.5 Å². The number of carbonyl (C=O) groups is 2. The minimum Gasteiger partial charge on any atom is -0.493 e. The van der Waals surface area contributed by atoms with Gasteiger partial charge in [-0.3, -0.25) is 9.59 Å². The lowest BCUT2D eigenvalue weighted by Gasteiger charge is -2.08. The van der Waals surface area contributed by atoms with Crippen molar-refractivity contribution in [2.24, 2.45) is 0 Å². The first-order chi connectivity index (χ1) is 11.9. The summed E-state index contributed by atoms with van der Waals surface area (Å²) in [4.78, 5) is 23.2. The van der Waals surface area contributed by atoms with Crippen LogP contribution in [-0.4, -0.2) is 25.1 Å². The number of anilines is 1. The fourth-order valence-corrected chi connectivity index (χ4v) is 1.96. The molecule has 2 aromatic carbocycles. The van der Waals surface area contributed by atoms with E-state index in [1.54, 1.807) is 6.07 Å². The summed E-state index contributed by atoms with van der Waals surface area (Å²) in [5.74, 6) is -2.25. The normalized spacial score (nSPS) is 10.2. The van der Waals surface area contributed by atoms with Gasteiger partial charge in [0.2, 0.25) is 0 Å². The Morgan fingerprint density at radius 1 is 1.12 bits per heavy atom. The highest BCUT2D eigenvalue weighted by Gasteiger charge is 2.11. The first-order valence-corrected chi connectivity index (χ1v) is 7.54. The maximum Gasteiger partial charge on any atom is 0.309 e. The zero-order valence-corrected chi connectivity index (χ0v) is 13.6. The molecule has 25 heavy (non-hydrogen) atoms. The van der Waals surface area contributed by atoms with Crippen molar-refractivity contribution >= 4 is 17.6 Å². The molecule has 2 rings (SSSR count). The molecule has 5 nitrogen and oxygen atoms in total. The number of nitrogens with one attached hydrogen (secondary N) is 1. The minimum absolute atomic E-state index is 0.0461. The molecule has 7 heteroatoms. The number of carbonyl (C=O) groups excluding carboxylic acids is 2. The van der Waals surface area contributed by atoms with Crippen molar-refractivity contribution in [1.29, 1.82) is 0 Å². The smallest absolute Gasteiger partial charge is 0.309 e. The predicted octanol–water partition coefficient (Wildman–Crippen LogP) is 3.22. The molecule has 1 amide bonds. The van der Waals surface area contributed by atoms with E-state index >= 15 is 0 Å². The average molecular weight is 349 g/mol. The monoisotopic (exact) mass is 349 g/mol. The Balaban J connectivity index is 1.70. The Labute approximate surface area is 143 Å². The second-order valence-electron chi connectivity index (χ2n) is 5.25. The van der Waals surface area contributed by atoms with Crippen LogP contribution in [-0.2, 0) is 14.3 Å². The van der Waals surface area contributed by atoms with Crippen LogP contribution in [0, 0.1) is 18.6 Å². The van der Waals surface area contributed by atoms with Gasteiger partial charge < -0.3 is 14.8 Å². The maximum absolute atomic E-state index is 13.4. The molecule has 0 atom stereocenters. The van der Waals surface area contributed by atoms with Crippen molar-refractivity contribution in [3.05, 3.63) is 59.7 Å². The number of hydrogen-bond donors (Lipinski definition) is 1. The summed E-state index contributed by atoms with van der Waals surface area (Å²) in [5, 5.41) is 2.13. The molecular weight excluding hydrogens is 332 g/mol. The lowest BCUT2D eigenvalue weighted by molar-refractivity contribution is -0.147. The third-order valence-electron chi connectivity index (χ3n) is 3.13. The van der Waals surface area contributed by atoms with Crippen LogP contribution in [0.2, 0.25) is 0 Å². The first-order valence-electron chi connectivity index (χ1n) is 7.54. The fraction of sp³-hybridized carbons (Fsp3) is 0.222. The minimum atomic E-state index is -0.785. The SMILES string of the molecule is Cc1cccc(OCCC(=O)OCC(=O)Nc2cc(F)ccc2F)c1. The Morgan fingerprint density at radius 3 is 2.68 bits per heavy atom. The molecule has 0 heterocycles. The molecule has 0 bridgehead atoms. The zero-order valence-electron chi connectivity index (χ0n) is 13.6. The highest BCUT2D eigenvalue weighted by atomic mass is 19.1. The molecule has 0 aliphatic rings. The van der Waals surface area contributed by atoms with Crippen molar-refractivity contribution in [2.45, 2.75) is 13.3 Å². The summed E-state index contributed by atoms with van der Waals surface area (Å²) in [6, 6.07) is 10.00. The van der Waals surface area contributed by atoms with E-state index in [1.165, 1.54) is 0 Å². The maximum atomic E-state index is 13.4. The average Bonchev–Trinajstić information content (AvgIpc) is 2.56. The van der Waals surface area contributed by atoms with Crippen LogP contribution in [0.15, 0.2) is 42.5 Å². The van der Waals surface area contributed by atoms with Gasteiger partial charge in [0.15, 0.2) is 6.61 Å². The highest BCUT2D eigenvalue weighted by Crippen LogP contribution is 2.15. The van der Waals surface area contributed by atoms with Gasteiger partial charge in [-0.05, 0) is 36.8 Å². The summed E-state index contributed by atoms with van der Waals surface area (Å²) in [6.45, 7) is 1.42.